The molecule has 7 heteroatoms. The lowest BCUT2D eigenvalue weighted by molar-refractivity contribution is -0.275. The van der Waals surface area contributed by atoms with E-state index in [1.54, 1.807) is 29.2 Å². The number of carbonyl (C=O) groups excluding carboxylic acids is 1. The van der Waals surface area contributed by atoms with Gasteiger partial charge in [0.05, 0.1) is 0 Å². The quantitative estimate of drug-likeness (QED) is 0.817. The van der Waals surface area contributed by atoms with Gasteiger partial charge in [-0.25, -0.2) is 0 Å². The molecule has 25 heavy (non-hydrogen) atoms. The molecule has 2 aromatic rings. The Kier molecular flexibility index (Phi) is 4.83. The van der Waals surface area contributed by atoms with E-state index in [0.29, 0.717) is 13.1 Å². The van der Waals surface area contributed by atoms with Crippen molar-refractivity contribution in [3.63, 3.8) is 0 Å². The molecule has 0 radical (unpaired) electrons. The van der Waals surface area contributed by atoms with E-state index in [4.69, 9.17) is 4.74 Å². The van der Waals surface area contributed by atoms with Crippen molar-refractivity contribution in [2.24, 2.45) is 0 Å². The molecule has 1 heterocycles. The largest absolute Gasteiger partial charge is 0.573 e. The van der Waals surface area contributed by atoms with Crippen LogP contribution in [0.15, 0.2) is 48.5 Å². The number of halogens is 3. The van der Waals surface area contributed by atoms with Crippen molar-refractivity contribution in [1.82, 2.24) is 4.90 Å². The molecule has 4 nitrogen and oxygen atoms in total. The van der Waals surface area contributed by atoms with Crippen LogP contribution < -0.4 is 9.47 Å². The monoisotopic (exact) mass is 351 g/mol. The molecule has 0 N–H and O–H groups in total. The summed E-state index contributed by atoms with van der Waals surface area (Å²) >= 11 is 0. The summed E-state index contributed by atoms with van der Waals surface area (Å²) in [5.41, 5.74) is 0.951. The van der Waals surface area contributed by atoms with Crippen LogP contribution in [0.25, 0.3) is 0 Å². The van der Waals surface area contributed by atoms with Gasteiger partial charge in [-0.15, -0.1) is 13.2 Å². The number of alkyl halides is 3. The van der Waals surface area contributed by atoms with Crippen LogP contribution in [0.3, 0.4) is 0 Å². The fourth-order valence-corrected chi connectivity index (χ4v) is 2.40. The van der Waals surface area contributed by atoms with Crippen molar-refractivity contribution in [2.45, 2.75) is 19.4 Å². The first-order valence-electron chi connectivity index (χ1n) is 7.78. The van der Waals surface area contributed by atoms with Crippen LogP contribution in [-0.4, -0.2) is 30.3 Å². The average molecular weight is 351 g/mol. The Bertz CT molecular complexity index is 743. The van der Waals surface area contributed by atoms with Crippen LogP contribution in [0, 0.1) is 0 Å². The first-order chi connectivity index (χ1) is 11.9. The van der Waals surface area contributed by atoms with Gasteiger partial charge in [-0.05, 0) is 30.2 Å². The molecule has 0 aliphatic carbocycles. The molecule has 1 saturated heterocycles. The summed E-state index contributed by atoms with van der Waals surface area (Å²) in [6, 6.07) is 12.9. The standard InChI is InChI=1S/C18H16F3NO3/c19-18(20,21)25-16-11-14(17(23)22-9-4-10-22)7-8-15(16)24-12-13-5-2-1-3-6-13/h1-3,5-8,11H,4,9-10,12H2. The summed E-state index contributed by atoms with van der Waals surface area (Å²) in [6.45, 7) is 1.32. The molecule has 1 amide bonds. The smallest absolute Gasteiger partial charge is 0.485 e. The van der Waals surface area contributed by atoms with Crippen LogP contribution in [0.4, 0.5) is 13.2 Å². The summed E-state index contributed by atoms with van der Waals surface area (Å²) in [5, 5.41) is 0. The highest BCUT2D eigenvalue weighted by Crippen LogP contribution is 2.34. The number of rotatable bonds is 5. The second-order valence-electron chi connectivity index (χ2n) is 5.63. The molecule has 2 aromatic carbocycles. The van der Waals surface area contributed by atoms with Gasteiger partial charge in [0, 0.05) is 18.7 Å². The SMILES string of the molecule is O=C(c1ccc(OCc2ccccc2)c(OC(F)(F)F)c1)N1CCC1. The van der Waals surface area contributed by atoms with E-state index < -0.39 is 12.1 Å². The topological polar surface area (TPSA) is 38.8 Å². The predicted octanol–water partition coefficient (Wildman–Crippen LogP) is 4.01. The highest BCUT2D eigenvalue weighted by molar-refractivity contribution is 5.95. The van der Waals surface area contributed by atoms with Crippen molar-refractivity contribution < 1.29 is 27.4 Å². The van der Waals surface area contributed by atoms with Gasteiger partial charge in [-0.2, -0.15) is 0 Å². The molecular formula is C18H16F3NO3. The van der Waals surface area contributed by atoms with E-state index in [1.807, 2.05) is 6.07 Å². The number of nitrogens with zero attached hydrogens (tertiary/aromatic N) is 1. The van der Waals surface area contributed by atoms with E-state index in [-0.39, 0.29) is 23.8 Å². The number of amides is 1. The van der Waals surface area contributed by atoms with Crippen molar-refractivity contribution in [2.75, 3.05) is 13.1 Å². The Morgan fingerprint density at radius 2 is 1.76 bits per heavy atom. The van der Waals surface area contributed by atoms with Gasteiger partial charge >= 0.3 is 6.36 Å². The lowest BCUT2D eigenvalue weighted by atomic mass is 10.1. The van der Waals surface area contributed by atoms with Gasteiger partial charge in [-0.3, -0.25) is 4.79 Å². The highest BCUT2D eigenvalue weighted by atomic mass is 19.4. The number of benzene rings is 2. The molecule has 1 aliphatic rings. The highest BCUT2D eigenvalue weighted by Gasteiger charge is 2.33. The maximum Gasteiger partial charge on any atom is 0.573 e. The molecule has 0 saturated carbocycles. The first-order valence-corrected chi connectivity index (χ1v) is 7.78. The Morgan fingerprint density at radius 1 is 1.04 bits per heavy atom. The summed E-state index contributed by atoms with van der Waals surface area (Å²) in [5.74, 6) is -0.899. The molecule has 0 aromatic heterocycles. The van der Waals surface area contributed by atoms with Crippen molar-refractivity contribution in [3.05, 3.63) is 59.7 Å². The van der Waals surface area contributed by atoms with E-state index in [0.717, 1.165) is 18.1 Å². The van der Waals surface area contributed by atoms with E-state index in [2.05, 4.69) is 4.74 Å². The molecule has 0 bridgehead atoms. The summed E-state index contributed by atoms with van der Waals surface area (Å²) in [7, 11) is 0. The van der Waals surface area contributed by atoms with Gasteiger partial charge in [0.15, 0.2) is 11.5 Å². The summed E-state index contributed by atoms with van der Waals surface area (Å²) in [4.78, 5) is 13.8. The van der Waals surface area contributed by atoms with Crippen LogP contribution in [0.2, 0.25) is 0 Å². The fraction of sp³-hybridized carbons (Fsp3) is 0.278. The molecule has 132 valence electrons. The number of hydrogen-bond acceptors (Lipinski definition) is 3. The molecule has 3 rings (SSSR count). The van der Waals surface area contributed by atoms with Crippen LogP contribution in [0.5, 0.6) is 11.5 Å². The molecule has 0 atom stereocenters. The zero-order valence-electron chi connectivity index (χ0n) is 13.3. The van der Waals surface area contributed by atoms with Gasteiger partial charge in [0.25, 0.3) is 5.91 Å². The van der Waals surface area contributed by atoms with Gasteiger partial charge in [0.2, 0.25) is 0 Å². The molecular weight excluding hydrogens is 335 g/mol. The van der Waals surface area contributed by atoms with Crippen LogP contribution in [0.1, 0.15) is 22.3 Å². The third kappa shape index (κ3) is 4.43. The Balaban J connectivity index is 1.81. The zero-order valence-corrected chi connectivity index (χ0v) is 13.3. The second-order valence-corrected chi connectivity index (χ2v) is 5.63. The normalized spacial score (nSPS) is 14.0. The van der Waals surface area contributed by atoms with Crippen LogP contribution >= 0.6 is 0 Å². The Labute approximate surface area is 142 Å². The van der Waals surface area contributed by atoms with Crippen molar-refractivity contribution >= 4 is 5.91 Å². The molecule has 1 fully saturated rings. The number of hydrogen-bond donors (Lipinski definition) is 0. The molecule has 1 aliphatic heterocycles. The predicted molar refractivity (Wildman–Crippen MR) is 84.4 cm³/mol. The Hall–Kier alpha value is -2.70. The van der Waals surface area contributed by atoms with E-state index in [9.17, 15) is 18.0 Å². The molecule has 0 spiro atoms. The second kappa shape index (κ2) is 7.04. The van der Waals surface area contributed by atoms with Gasteiger partial charge < -0.3 is 14.4 Å². The minimum absolute atomic E-state index is 0.0682. The number of likely N-dealkylation sites (tertiary alicyclic amines) is 1. The average Bonchev–Trinajstić information content (AvgIpc) is 2.51. The van der Waals surface area contributed by atoms with Gasteiger partial charge in [0.1, 0.15) is 6.61 Å². The van der Waals surface area contributed by atoms with Crippen LogP contribution in [-0.2, 0) is 6.61 Å². The zero-order chi connectivity index (χ0) is 17.9. The molecule has 0 unspecified atom stereocenters. The van der Waals surface area contributed by atoms with Gasteiger partial charge in [-0.1, -0.05) is 30.3 Å². The van der Waals surface area contributed by atoms with Crippen molar-refractivity contribution in [1.29, 1.82) is 0 Å². The van der Waals surface area contributed by atoms with Crippen molar-refractivity contribution in [3.8, 4) is 11.5 Å². The minimum atomic E-state index is -4.87. The fourth-order valence-electron chi connectivity index (χ4n) is 2.40. The number of ether oxygens (including phenoxy) is 2. The third-order valence-corrected chi connectivity index (χ3v) is 3.80. The van der Waals surface area contributed by atoms with E-state index >= 15 is 0 Å². The third-order valence-electron chi connectivity index (χ3n) is 3.80. The lowest BCUT2D eigenvalue weighted by Gasteiger charge is -2.31. The summed E-state index contributed by atoms with van der Waals surface area (Å²) < 4.78 is 47.5. The number of carbonyl (C=O) groups is 1. The maximum atomic E-state index is 12.7. The Morgan fingerprint density at radius 3 is 2.36 bits per heavy atom. The lowest BCUT2D eigenvalue weighted by Crippen LogP contribution is -2.42. The van der Waals surface area contributed by atoms with E-state index in [1.165, 1.54) is 12.1 Å². The first kappa shape index (κ1) is 17.1. The maximum absolute atomic E-state index is 12.7. The minimum Gasteiger partial charge on any atom is -0.485 e. The summed E-state index contributed by atoms with van der Waals surface area (Å²) in [6.07, 6.45) is -3.97.